The molecular weight excluding hydrogens is 368 g/mol. The molecule has 3 aromatic rings. The first kappa shape index (κ1) is 20.5. The Morgan fingerprint density at radius 3 is 1.97 bits per heavy atom. The van der Waals surface area contributed by atoms with Gasteiger partial charge in [0.2, 0.25) is 0 Å². The number of alkyl halides is 2. The molecule has 0 bridgehead atoms. The van der Waals surface area contributed by atoms with Crippen LogP contribution in [-0.2, 0) is 12.5 Å². The lowest BCUT2D eigenvalue weighted by atomic mass is 10.0. The Morgan fingerprint density at radius 1 is 0.828 bits per heavy atom. The highest BCUT2D eigenvalue weighted by Crippen LogP contribution is 2.33. The van der Waals surface area contributed by atoms with Gasteiger partial charge in [0, 0.05) is 0 Å². The summed E-state index contributed by atoms with van der Waals surface area (Å²) in [6, 6.07) is 22.0. The second-order valence-electron chi connectivity index (χ2n) is 6.99. The number of nitrogens with zero attached hydrogens (tertiary/aromatic N) is 1. The van der Waals surface area contributed by atoms with Gasteiger partial charge in [0.05, 0.1) is 17.2 Å². The summed E-state index contributed by atoms with van der Waals surface area (Å²) in [4.78, 5) is 0. The van der Waals surface area contributed by atoms with E-state index in [1.165, 1.54) is 24.3 Å². The summed E-state index contributed by atoms with van der Waals surface area (Å²) in [6.45, 7) is 2.14. The highest BCUT2D eigenvalue weighted by molar-refractivity contribution is 5.65. The van der Waals surface area contributed by atoms with Crippen molar-refractivity contribution in [1.29, 1.82) is 5.26 Å². The lowest BCUT2D eigenvalue weighted by Gasteiger charge is -2.19. The van der Waals surface area contributed by atoms with Crippen molar-refractivity contribution in [2.75, 3.05) is 0 Å². The molecular formula is C25H23F2NO. The van der Waals surface area contributed by atoms with Crippen LogP contribution in [0.2, 0.25) is 0 Å². The third-order valence-corrected chi connectivity index (χ3v) is 4.81. The predicted octanol–water partition coefficient (Wildman–Crippen LogP) is 7.09. The summed E-state index contributed by atoms with van der Waals surface area (Å²) >= 11 is 0. The van der Waals surface area contributed by atoms with Gasteiger partial charge in [0.1, 0.15) is 5.75 Å². The van der Waals surface area contributed by atoms with Gasteiger partial charge in [-0.15, -0.1) is 0 Å². The summed E-state index contributed by atoms with van der Waals surface area (Å²) < 4.78 is 34.0. The van der Waals surface area contributed by atoms with Gasteiger partial charge < -0.3 is 4.74 Å². The maximum Gasteiger partial charge on any atom is 0.426 e. The fourth-order valence-electron chi connectivity index (χ4n) is 3.10. The topological polar surface area (TPSA) is 33.0 Å². The molecule has 2 nitrogen and oxygen atoms in total. The normalized spacial score (nSPS) is 11.1. The van der Waals surface area contributed by atoms with Crippen molar-refractivity contribution in [3.63, 3.8) is 0 Å². The molecule has 29 heavy (non-hydrogen) atoms. The van der Waals surface area contributed by atoms with Crippen molar-refractivity contribution in [1.82, 2.24) is 0 Å². The molecule has 0 aliphatic heterocycles. The van der Waals surface area contributed by atoms with Gasteiger partial charge in [0.25, 0.3) is 0 Å². The Balaban J connectivity index is 1.67. The predicted molar refractivity (Wildman–Crippen MR) is 111 cm³/mol. The SMILES string of the molecule is CCCCCc1ccc(C(F)(F)Oc2ccc(-c3ccc(C#N)cc3)cc2)cc1. The van der Waals surface area contributed by atoms with Gasteiger partial charge >= 0.3 is 6.11 Å². The van der Waals surface area contributed by atoms with Crippen LogP contribution in [0.3, 0.4) is 0 Å². The zero-order valence-electron chi connectivity index (χ0n) is 16.4. The molecule has 0 saturated heterocycles. The van der Waals surface area contributed by atoms with Crippen LogP contribution in [0.5, 0.6) is 5.75 Å². The molecule has 0 heterocycles. The molecule has 0 radical (unpaired) electrons. The van der Waals surface area contributed by atoms with E-state index in [4.69, 9.17) is 10.00 Å². The van der Waals surface area contributed by atoms with E-state index in [1.807, 2.05) is 12.1 Å². The molecule has 3 rings (SSSR count). The van der Waals surface area contributed by atoms with Crippen LogP contribution in [0.1, 0.15) is 42.9 Å². The van der Waals surface area contributed by atoms with Gasteiger partial charge in [0.15, 0.2) is 0 Å². The van der Waals surface area contributed by atoms with Crippen LogP contribution < -0.4 is 4.74 Å². The van der Waals surface area contributed by atoms with Crippen LogP contribution in [0.4, 0.5) is 8.78 Å². The molecule has 0 fully saturated rings. The highest BCUT2D eigenvalue weighted by atomic mass is 19.3. The van der Waals surface area contributed by atoms with Gasteiger partial charge in [-0.05, 0) is 65.9 Å². The minimum Gasteiger partial charge on any atom is -0.429 e. The van der Waals surface area contributed by atoms with E-state index in [1.54, 1.807) is 36.4 Å². The van der Waals surface area contributed by atoms with Gasteiger partial charge in [-0.3, -0.25) is 0 Å². The Morgan fingerprint density at radius 2 is 1.41 bits per heavy atom. The Hall–Kier alpha value is -3.19. The van der Waals surface area contributed by atoms with Crippen molar-refractivity contribution in [3.05, 3.63) is 89.5 Å². The first-order valence-corrected chi connectivity index (χ1v) is 9.78. The van der Waals surface area contributed by atoms with E-state index in [-0.39, 0.29) is 11.3 Å². The minimum atomic E-state index is -3.40. The van der Waals surface area contributed by atoms with Gasteiger partial charge in [-0.2, -0.15) is 14.0 Å². The summed E-state index contributed by atoms with van der Waals surface area (Å²) in [5.74, 6) is 0.0967. The Labute approximate surface area is 170 Å². The zero-order valence-corrected chi connectivity index (χ0v) is 16.4. The number of nitriles is 1. The summed E-state index contributed by atoms with van der Waals surface area (Å²) in [7, 11) is 0. The average molecular weight is 391 g/mol. The van der Waals surface area contributed by atoms with E-state index < -0.39 is 6.11 Å². The fourth-order valence-corrected chi connectivity index (χ4v) is 3.10. The number of halogens is 2. The van der Waals surface area contributed by atoms with E-state index in [0.717, 1.165) is 42.4 Å². The Kier molecular flexibility index (Phi) is 6.61. The average Bonchev–Trinajstić information content (AvgIpc) is 2.75. The largest absolute Gasteiger partial charge is 0.429 e. The molecule has 0 amide bonds. The number of hydrogen-bond acceptors (Lipinski definition) is 2. The van der Waals surface area contributed by atoms with Crippen molar-refractivity contribution in [2.45, 2.75) is 38.7 Å². The minimum absolute atomic E-state index is 0.0967. The monoisotopic (exact) mass is 391 g/mol. The number of benzene rings is 3. The molecule has 0 aliphatic rings. The number of rotatable bonds is 8. The fraction of sp³-hybridized carbons (Fsp3) is 0.240. The second-order valence-corrected chi connectivity index (χ2v) is 6.99. The van der Waals surface area contributed by atoms with Crippen LogP contribution in [0.25, 0.3) is 11.1 Å². The second kappa shape index (κ2) is 9.34. The van der Waals surface area contributed by atoms with Gasteiger partial charge in [-0.1, -0.05) is 56.2 Å². The Bertz CT molecular complexity index is 956. The van der Waals surface area contributed by atoms with Crippen LogP contribution >= 0.6 is 0 Å². The first-order valence-electron chi connectivity index (χ1n) is 9.78. The van der Waals surface area contributed by atoms with Crippen molar-refractivity contribution < 1.29 is 13.5 Å². The quantitative estimate of drug-likeness (QED) is 0.384. The standard InChI is InChI=1S/C25H23F2NO/c1-2-3-4-5-19-8-14-23(15-9-19)25(26,27)29-24-16-12-22(13-17-24)21-10-6-20(18-28)7-11-21/h6-17H,2-5H2,1H3. The molecule has 0 atom stereocenters. The zero-order chi connectivity index (χ0) is 20.7. The van der Waals surface area contributed by atoms with E-state index in [2.05, 4.69) is 13.0 Å². The molecule has 148 valence electrons. The molecule has 3 aromatic carbocycles. The van der Waals surface area contributed by atoms with Crippen molar-refractivity contribution in [2.24, 2.45) is 0 Å². The van der Waals surface area contributed by atoms with Gasteiger partial charge in [-0.25, -0.2) is 0 Å². The van der Waals surface area contributed by atoms with Crippen LogP contribution in [0.15, 0.2) is 72.8 Å². The van der Waals surface area contributed by atoms with E-state index in [9.17, 15) is 8.78 Å². The van der Waals surface area contributed by atoms with Crippen LogP contribution in [0, 0.1) is 11.3 Å². The highest BCUT2D eigenvalue weighted by Gasteiger charge is 2.34. The third-order valence-electron chi connectivity index (χ3n) is 4.81. The lowest BCUT2D eigenvalue weighted by Crippen LogP contribution is -2.21. The molecule has 4 heteroatoms. The van der Waals surface area contributed by atoms with Crippen molar-refractivity contribution >= 4 is 0 Å². The maximum atomic E-state index is 14.5. The molecule has 0 aliphatic carbocycles. The molecule has 0 aromatic heterocycles. The summed E-state index contributed by atoms with van der Waals surface area (Å²) in [6.07, 6.45) is 0.830. The number of aryl methyl sites for hydroxylation is 1. The smallest absolute Gasteiger partial charge is 0.426 e. The van der Waals surface area contributed by atoms with E-state index >= 15 is 0 Å². The molecule has 0 unspecified atom stereocenters. The summed E-state index contributed by atoms with van der Waals surface area (Å²) in [5.41, 5.74) is 3.24. The third kappa shape index (κ3) is 5.42. The summed E-state index contributed by atoms with van der Waals surface area (Å²) in [5, 5.41) is 8.86. The van der Waals surface area contributed by atoms with Crippen LogP contribution in [-0.4, -0.2) is 0 Å². The number of unbranched alkanes of at least 4 members (excludes halogenated alkanes) is 2. The molecule has 0 saturated carbocycles. The first-order chi connectivity index (χ1) is 14.0. The number of hydrogen-bond donors (Lipinski definition) is 0. The van der Waals surface area contributed by atoms with Crippen molar-refractivity contribution in [3.8, 4) is 22.9 Å². The molecule has 0 spiro atoms. The molecule has 0 N–H and O–H groups in total. The van der Waals surface area contributed by atoms with E-state index in [0.29, 0.717) is 5.56 Å². The lowest BCUT2D eigenvalue weighted by molar-refractivity contribution is -0.185. The maximum absolute atomic E-state index is 14.5. The number of ether oxygens (including phenoxy) is 1.